The highest BCUT2D eigenvalue weighted by Crippen LogP contribution is 2.45. The largest absolute Gasteiger partial charge is 0.420 e. The lowest BCUT2D eigenvalue weighted by Gasteiger charge is -2.34. The first-order chi connectivity index (χ1) is 6.51. The Bertz CT molecular complexity index is 255. The molecule has 1 N–H and O–H groups in total. The SMILES string of the molecule is O=CC1CCC2(C(F)(F)F)NCCN12. The number of hydrogen-bond acceptors (Lipinski definition) is 3. The van der Waals surface area contributed by atoms with Gasteiger partial charge in [0.1, 0.15) is 6.29 Å². The number of rotatable bonds is 1. The summed E-state index contributed by atoms with van der Waals surface area (Å²) >= 11 is 0. The van der Waals surface area contributed by atoms with E-state index in [1.54, 1.807) is 0 Å². The van der Waals surface area contributed by atoms with E-state index in [-0.39, 0.29) is 12.8 Å². The smallest absolute Gasteiger partial charge is 0.302 e. The van der Waals surface area contributed by atoms with Gasteiger partial charge in [-0.25, -0.2) is 0 Å². The summed E-state index contributed by atoms with van der Waals surface area (Å²) in [6, 6.07) is -0.577. The van der Waals surface area contributed by atoms with E-state index in [1.807, 2.05) is 0 Å². The predicted molar refractivity (Wildman–Crippen MR) is 42.6 cm³/mol. The Hall–Kier alpha value is -0.620. The fraction of sp³-hybridized carbons (Fsp3) is 0.875. The highest BCUT2D eigenvalue weighted by Gasteiger charge is 2.64. The van der Waals surface area contributed by atoms with Gasteiger partial charge in [-0.1, -0.05) is 0 Å². The van der Waals surface area contributed by atoms with Crippen LogP contribution in [0.25, 0.3) is 0 Å². The lowest BCUT2D eigenvalue weighted by molar-refractivity contribution is -0.224. The van der Waals surface area contributed by atoms with Crippen LogP contribution in [0.3, 0.4) is 0 Å². The lowest BCUT2D eigenvalue weighted by atomic mass is 10.1. The van der Waals surface area contributed by atoms with E-state index in [1.165, 1.54) is 4.90 Å². The summed E-state index contributed by atoms with van der Waals surface area (Å²) in [5.74, 6) is 0. The minimum atomic E-state index is -4.30. The molecule has 0 aromatic heterocycles. The zero-order chi connectivity index (χ0) is 10.4. The molecule has 0 aliphatic carbocycles. The second-order valence-electron chi connectivity index (χ2n) is 3.72. The third-order valence-electron chi connectivity index (χ3n) is 3.09. The molecule has 0 aromatic carbocycles. The Balaban J connectivity index is 2.31. The zero-order valence-corrected chi connectivity index (χ0v) is 7.47. The van der Waals surface area contributed by atoms with Crippen LogP contribution in [0.1, 0.15) is 12.8 Å². The molecular formula is C8H11F3N2O. The van der Waals surface area contributed by atoms with Crippen LogP contribution in [0, 0.1) is 0 Å². The molecule has 0 radical (unpaired) electrons. The van der Waals surface area contributed by atoms with Crippen molar-refractivity contribution in [1.82, 2.24) is 10.2 Å². The first kappa shape index (κ1) is 9.92. The second kappa shape index (κ2) is 2.93. The van der Waals surface area contributed by atoms with E-state index >= 15 is 0 Å². The maximum atomic E-state index is 12.8. The van der Waals surface area contributed by atoms with Crippen LogP contribution in [-0.4, -0.2) is 42.2 Å². The van der Waals surface area contributed by atoms with E-state index in [2.05, 4.69) is 5.32 Å². The highest BCUT2D eigenvalue weighted by molar-refractivity contribution is 5.59. The number of nitrogens with zero attached hydrogens (tertiary/aromatic N) is 1. The van der Waals surface area contributed by atoms with E-state index < -0.39 is 17.9 Å². The molecule has 0 aromatic rings. The maximum Gasteiger partial charge on any atom is 0.420 e. The van der Waals surface area contributed by atoms with Gasteiger partial charge in [0.25, 0.3) is 0 Å². The van der Waals surface area contributed by atoms with E-state index in [9.17, 15) is 18.0 Å². The molecule has 2 rings (SSSR count). The number of carbonyl (C=O) groups excluding carboxylic acids is 1. The molecule has 0 bridgehead atoms. The minimum absolute atomic E-state index is 0.0279. The summed E-state index contributed by atoms with van der Waals surface area (Å²) < 4.78 is 38.4. The van der Waals surface area contributed by atoms with Gasteiger partial charge in [-0.15, -0.1) is 0 Å². The number of alkyl halides is 3. The van der Waals surface area contributed by atoms with Gasteiger partial charge in [-0.2, -0.15) is 13.2 Å². The van der Waals surface area contributed by atoms with Crippen molar-refractivity contribution in [2.45, 2.75) is 30.7 Å². The van der Waals surface area contributed by atoms with Crippen LogP contribution < -0.4 is 5.32 Å². The monoisotopic (exact) mass is 208 g/mol. The van der Waals surface area contributed by atoms with Gasteiger partial charge in [-0.05, 0) is 12.8 Å². The Morgan fingerprint density at radius 3 is 2.79 bits per heavy atom. The van der Waals surface area contributed by atoms with Crippen LogP contribution in [0.5, 0.6) is 0 Å². The van der Waals surface area contributed by atoms with Gasteiger partial charge in [0.2, 0.25) is 0 Å². The second-order valence-corrected chi connectivity index (χ2v) is 3.72. The molecule has 2 aliphatic heterocycles. The topological polar surface area (TPSA) is 32.3 Å². The third-order valence-corrected chi connectivity index (χ3v) is 3.09. The molecule has 2 saturated heterocycles. The summed E-state index contributed by atoms with van der Waals surface area (Å²) in [6.45, 7) is 0.590. The molecule has 3 nitrogen and oxygen atoms in total. The van der Waals surface area contributed by atoms with Crippen molar-refractivity contribution in [3.63, 3.8) is 0 Å². The van der Waals surface area contributed by atoms with Crippen LogP contribution in [0.4, 0.5) is 13.2 Å². The Morgan fingerprint density at radius 1 is 1.50 bits per heavy atom. The number of fused-ring (bicyclic) bond motifs is 1. The summed E-state index contributed by atoms with van der Waals surface area (Å²) in [5, 5.41) is 2.48. The number of carbonyl (C=O) groups is 1. The maximum absolute atomic E-state index is 12.8. The first-order valence-electron chi connectivity index (χ1n) is 4.55. The van der Waals surface area contributed by atoms with Gasteiger partial charge >= 0.3 is 6.18 Å². The molecule has 2 unspecified atom stereocenters. The van der Waals surface area contributed by atoms with Crippen LogP contribution in [0.15, 0.2) is 0 Å². The van der Waals surface area contributed by atoms with Crippen LogP contribution >= 0.6 is 0 Å². The molecule has 2 fully saturated rings. The Labute approximate surface area is 79.3 Å². The van der Waals surface area contributed by atoms with E-state index in [0.29, 0.717) is 19.4 Å². The van der Waals surface area contributed by atoms with Crippen molar-refractivity contribution in [3.8, 4) is 0 Å². The summed E-state index contributed by atoms with van der Waals surface area (Å²) in [4.78, 5) is 11.8. The molecule has 2 aliphatic rings. The van der Waals surface area contributed by atoms with Crippen molar-refractivity contribution < 1.29 is 18.0 Å². The summed E-state index contributed by atoms with van der Waals surface area (Å²) in [5.41, 5.74) is -1.93. The first-order valence-corrected chi connectivity index (χ1v) is 4.55. The third kappa shape index (κ3) is 1.10. The molecule has 0 spiro atoms. The number of aldehydes is 1. The molecule has 0 saturated carbocycles. The fourth-order valence-corrected chi connectivity index (χ4v) is 2.42. The highest BCUT2D eigenvalue weighted by atomic mass is 19.4. The molecule has 2 atom stereocenters. The van der Waals surface area contributed by atoms with E-state index in [4.69, 9.17) is 0 Å². The van der Waals surface area contributed by atoms with Gasteiger partial charge in [0, 0.05) is 13.1 Å². The number of nitrogens with one attached hydrogen (secondary N) is 1. The average molecular weight is 208 g/mol. The quantitative estimate of drug-likeness (QED) is 0.637. The van der Waals surface area contributed by atoms with E-state index in [0.717, 1.165) is 0 Å². The molecule has 6 heteroatoms. The fourth-order valence-electron chi connectivity index (χ4n) is 2.42. The van der Waals surface area contributed by atoms with Crippen molar-refractivity contribution in [1.29, 1.82) is 0 Å². The van der Waals surface area contributed by atoms with Crippen molar-refractivity contribution in [2.24, 2.45) is 0 Å². The average Bonchev–Trinajstić information content (AvgIpc) is 2.58. The normalized spacial score (nSPS) is 38.6. The molecule has 14 heavy (non-hydrogen) atoms. The van der Waals surface area contributed by atoms with Crippen LogP contribution in [-0.2, 0) is 4.79 Å². The lowest BCUT2D eigenvalue weighted by Crippen LogP contribution is -2.60. The number of halogens is 3. The molecule has 80 valence electrons. The minimum Gasteiger partial charge on any atom is -0.302 e. The van der Waals surface area contributed by atoms with Gasteiger partial charge in [0.15, 0.2) is 5.66 Å². The summed E-state index contributed by atoms with van der Waals surface area (Å²) in [7, 11) is 0. The van der Waals surface area contributed by atoms with Gasteiger partial charge < -0.3 is 4.79 Å². The van der Waals surface area contributed by atoms with Crippen molar-refractivity contribution >= 4 is 6.29 Å². The Morgan fingerprint density at radius 2 is 2.21 bits per heavy atom. The Kier molecular flexibility index (Phi) is 2.08. The standard InChI is InChI=1S/C8H11F3N2O/c9-8(10,11)7-2-1-6(5-14)13(7)4-3-12-7/h5-6,12H,1-4H2. The van der Waals surface area contributed by atoms with Crippen LogP contribution in [0.2, 0.25) is 0 Å². The van der Waals surface area contributed by atoms with Crippen molar-refractivity contribution in [3.05, 3.63) is 0 Å². The van der Waals surface area contributed by atoms with Gasteiger partial charge in [-0.3, -0.25) is 10.2 Å². The van der Waals surface area contributed by atoms with Crippen molar-refractivity contribution in [2.75, 3.05) is 13.1 Å². The molecule has 2 heterocycles. The predicted octanol–water partition coefficient (Wildman–Crippen LogP) is 0.512. The molecular weight excluding hydrogens is 197 g/mol. The molecule has 0 amide bonds. The number of hydrogen-bond donors (Lipinski definition) is 1. The zero-order valence-electron chi connectivity index (χ0n) is 7.47. The van der Waals surface area contributed by atoms with Gasteiger partial charge in [0.05, 0.1) is 6.04 Å². The summed E-state index contributed by atoms with van der Waals surface area (Å²) in [6.07, 6.45) is -3.43.